The molecule has 0 aliphatic heterocycles. The summed E-state index contributed by atoms with van der Waals surface area (Å²) in [6, 6.07) is 17.8. The van der Waals surface area contributed by atoms with Crippen LogP contribution in [0.3, 0.4) is 0 Å². The minimum atomic E-state index is -0.0784. The van der Waals surface area contributed by atoms with E-state index >= 15 is 0 Å². The van der Waals surface area contributed by atoms with E-state index in [4.69, 9.17) is 4.42 Å². The van der Waals surface area contributed by atoms with Crippen molar-refractivity contribution < 1.29 is 9.21 Å². The van der Waals surface area contributed by atoms with Gasteiger partial charge in [0.2, 0.25) is 0 Å². The zero-order chi connectivity index (χ0) is 16.1. The summed E-state index contributed by atoms with van der Waals surface area (Å²) >= 11 is 0. The summed E-state index contributed by atoms with van der Waals surface area (Å²) in [7, 11) is 1.91. The van der Waals surface area contributed by atoms with Gasteiger partial charge >= 0.3 is 0 Å². The maximum Gasteiger partial charge on any atom is 0.252 e. The lowest BCUT2D eigenvalue weighted by Crippen LogP contribution is -2.40. The van der Waals surface area contributed by atoms with Crippen LogP contribution in [0, 0.1) is 0 Å². The van der Waals surface area contributed by atoms with Crippen molar-refractivity contribution in [1.29, 1.82) is 0 Å². The first-order chi connectivity index (χ1) is 11.3. The number of nitrogens with one attached hydrogen (secondary N) is 2. The van der Waals surface area contributed by atoms with E-state index in [0.29, 0.717) is 12.1 Å². The Morgan fingerprint density at radius 2 is 1.91 bits per heavy atom. The molecule has 1 atom stereocenters. The molecule has 118 valence electrons. The first-order valence-electron chi connectivity index (χ1n) is 7.73. The fourth-order valence-corrected chi connectivity index (χ4v) is 2.68. The van der Waals surface area contributed by atoms with Crippen molar-refractivity contribution in [2.45, 2.75) is 12.5 Å². The van der Waals surface area contributed by atoms with Crippen LogP contribution in [0.1, 0.15) is 15.9 Å². The highest BCUT2D eigenvalue weighted by molar-refractivity contribution is 6.05. The summed E-state index contributed by atoms with van der Waals surface area (Å²) < 4.78 is 5.34. The molecule has 1 heterocycles. The quantitative estimate of drug-likeness (QED) is 0.736. The molecule has 0 aliphatic rings. The number of hydrogen-bond donors (Lipinski definition) is 2. The van der Waals surface area contributed by atoms with Gasteiger partial charge in [-0.3, -0.25) is 4.79 Å². The molecule has 23 heavy (non-hydrogen) atoms. The van der Waals surface area contributed by atoms with Gasteiger partial charge in [-0.1, -0.05) is 36.4 Å². The molecule has 0 radical (unpaired) electrons. The Labute approximate surface area is 135 Å². The fraction of sp³-hybridized carbons (Fsp3) is 0.211. The second-order valence-corrected chi connectivity index (χ2v) is 5.52. The summed E-state index contributed by atoms with van der Waals surface area (Å²) in [6.07, 6.45) is 2.47. The molecular weight excluding hydrogens is 288 g/mol. The van der Waals surface area contributed by atoms with E-state index in [1.54, 1.807) is 6.26 Å². The smallest absolute Gasteiger partial charge is 0.252 e. The van der Waals surface area contributed by atoms with Crippen LogP contribution in [0.5, 0.6) is 0 Å². The van der Waals surface area contributed by atoms with Crippen molar-refractivity contribution in [2.24, 2.45) is 0 Å². The van der Waals surface area contributed by atoms with E-state index < -0.39 is 0 Å². The molecule has 4 heteroatoms. The van der Waals surface area contributed by atoms with Crippen LogP contribution in [0.15, 0.2) is 65.3 Å². The van der Waals surface area contributed by atoms with Gasteiger partial charge < -0.3 is 15.1 Å². The summed E-state index contributed by atoms with van der Waals surface area (Å²) in [6.45, 7) is 0.568. The molecule has 0 bridgehead atoms. The van der Waals surface area contributed by atoms with Crippen molar-refractivity contribution in [3.63, 3.8) is 0 Å². The number of hydrogen-bond acceptors (Lipinski definition) is 3. The molecule has 0 saturated heterocycles. The van der Waals surface area contributed by atoms with Gasteiger partial charge in [-0.2, -0.15) is 0 Å². The van der Waals surface area contributed by atoms with Crippen LogP contribution in [0.4, 0.5) is 0 Å². The lowest BCUT2D eigenvalue weighted by Gasteiger charge is -2.17. The molecule has 0 aliphatic carbocycles. The summed E-state index contributed by atoms with van der Waals surface area (Å²) in [5.74, 6) is -0.0784. The van der Waals surface area contributed by atoms with Crippen molar-refractivity contribution in [2.75, 3.05) is 13.6 Å². The maximum atomic E-state index is 12.4. The minimum absolute atomic E-state index is 0.0784. The first kappa shape index (κ1) is 15.3. The van der Waals surface area contributed by atoms with E-state index in [1.807, 2.05) is 49.5 Å². The molecule has 0 saturated carbocycles. The number of rotatable bonds is 6. The largest absolute Gasteiger partial charge is 0.464 e. The second kappa shape index (κ2) is 7.11. The number of carbonyl (C=O) groups is 1. The van der Waals surface area contributed by atoms with Gasteiger partial charge in [0, 0.05) is 18.0 Å². The Kier molecular flexibility index (Phi) is 4.74. The number of fused-ring (bicyclic) bond motifs is 1. The zero-order valence-corrected chi connectivity index (χ0v) is 13.1. The van der Waals surface area contributed by atoms with E-state index in [0.717, 1.165) is 17.4 Å². The first-order valence-corrected chi connectivity index (χ1v) is 7.73. The summed E-state index contributed by atoms with van der Waals surface area (Å²) in [5, 5.41) is 7.11. The van der Waals surface area contributed by atoms with Gasteiger partial charge in [0.15, 0.2) is 0 Å². The van der Waals surface area contributed by atoms with Gasteiger partial charge in [-0.15, -0.1) is 0 Å². The van der Waals surface area contributed by atoms with E-state index in [1.165, 1.54) is 5.56 Å². The molecule has 3 rings (SSSR count). The molecule has 4 nitrogen and oxygen atoms in total. The Morgan fingerprint density at radius 1 is 1.09 bits per heavy atom. The van der Waals surface area contributed by atoms with Gasteiger partial charge in [0.1, 0.15) is 5.58 Å². The monoisotopic (exact) mass is 308 g/mol. The SMILES string of the molecule is CNC(CNC(=O)c1cccc2occc12)Cc1ccccc1. The highest BCUT2D eigenvalue weighted by Gasteiger charge is 2.13. The molecular formula is C19H20N2O2. The highest BCUT2D eigenvalue weighted by atomic mass is 16.3. The average Bonchev–Trinajstić information content (AvgIpc) is 3.07. The number of furan rings is 1. The minimum Gasteiger partial charge on any atom is -0.464 e. The van der Waals surface area contributed by atoms with Gasteiger partial charge in [0.25, 0.3) is 5.91 Å². The lowest BCUT2D eigenvalue weighted by molar-refractivity contribution is 0.0951. The number of likely N-dealkylation sites (N-methyl/N-ethyl adjacent to an activating group) is 1. The van der Waals surface area contributed by atoms with Crippen LogP contribution < -0.4 is 10.6 Å². The van der Waals surface area contributed by atoms with Crippen molar-refractivity contribution in [1.82, 2.24) is 10.6 Å². The molecule has 1 aromatic heterocycles. The third kappa shape index (κ3) is 3.60. The Morgan fingerprint density at radius 3 is 2.70 bits per heavy atom. The molecule has 2 aromatic carbocycles. The third-order valence-corrected chi connectivity index (χ3v) is 3.98. The predicted octanol–water partition coefficient (Wildman–Crippen LogP) is 2.99. The predicted molar refractivity (Wildman–Crippen MR) is 91.5 cm³/mol. The van der Waals surface area contributed by atoms with Gasteiger partial charge in [-0.05, 0) is 37.2 Å². The number of amides is 1. The van der Waals surface area contributed by atoms with E-state index in [9.17, 15) is 4.79 Å². The second-order valence-electron chi connectivity index (χ2n) is 5.52. The third-order valence-electron chi connectivity index (χ3n) is 3.98. The van der Waals surface area contributed by atoms with Gasteiger partial charge in [0.05, 0.1) is 11.8 Å². The maximum absolute atomic E-state index is 12.4. The van der Waals surface area contributed by atoms with Crippen LogP contribution in [-0.2, 0) is 6.42 Å². The molecule has 3 aromatic rings. The van der Waals surface area contributed by atoms with Crippen molar-refractivity contribution >= 4 is 16.9 Å². The standard InChI is InChI=1S/C19H20N2O2/c1-20-15(12-14-6-3-2-4-7-14)13-21-19(22)17-8-5-9-18-16(17)10-11-23-18/h2-11,15,20H,12-13H2,1H3,(H,21,22). The highest BCUT2D eigenvalue weighted by Crippen LogP contribution is 2.19. The molecule has 0 spiro atoms. The Balaban J connectivity index is 1.64. The summed E-state index contributed by atoms with van der Waals surface area (Å²) in [4.78, 5) is 12.4. The molecule has 0 fully saturated rings. The zero-order valence-electron chi connectivity index (χ0n) is 13.1. The lowest BCUT2D eigenvalue weighted by atomic mass is 10.1. The average molecular weight is 308 g/mol. The number of carbonyl (C=O) groups excluding carboxylic acids is 1. The van der Waals surface area contributed by atoms with Crippen molar-refractivity contribution in [3.8, 4) is 0 Å². The molecule has 2 N–H and O–H groups in total. The normalized spacial score (nSPS) is 12.2. The van der Waals surface area contributed by atoms with Crippen LogP contribution in [0.2, 0.25) is 0 Å². The summed E-state index contributed by atoms with van der Waals surface area (Å²) in [5.41, 5.74) is 2.62. The van der Waals surface area contributed by atoms with Crippen LogP contribution in [0.25, 0.3) is 11.0 Å². The topological polar surface area (TPSA) is 54.3 Å². The number of benzene rings is 2. The Bertz CT molecular complexity index is 780. The van der Waals surface area contributed by atoms with E-state index in [2.05, 4.69) is 22.8 Å². The van der Waals surface area contributed by atoms with Gasteiger partial charge in [-0.25, -0.2) is 0 Å². The molecule has 1 unspecified atom stereocenters. The van der Waals surface area contributed by atoms with Crippen molar-refractivity contribution in [3.05, 3.63) is 72.0 Å². The van der Waals surface area contributed by atoms with E-state index in [-0.39, 0.29) is 11.9 Å². The fourth-order valence-electron chi connectivity index (χ4n) is 2.68. The van der Waals surface area contributed by atoms with Crippen LogP contribution >= 0.6 is 0 Å². The molecule has 1 amide bonds. The van der Waals surface area contributed by atoms with Crippen LogP contribution in [-0.4, -0.2) is 25.5 Å². The Hall–Kier alpha value is -2.59.